The quantitative estimate of drug-likeness (QED) is 0.870. The van der Waals surface area contributed by atoms with Gasteiger partial charge < -0.3 is 10.1 Å². The van der Waals surface area contributed by atoms with Crippen LogP contribution in [0.2, 0.25) is 0 Å². The maximum Gasteiger partial charge on any atom is 0.224 e. The second kappa shape index (κ2) is 6.44. The van der Waals surface area contributed by atoms with Crippen LogP contribution in [0.3, 0.4) is 0 Å². The first kappa shape index (κ1) is 15.1. The van der Waals surface area contributed by atoms with Gasteiger partial charge in [0.2, 0.25) is 5.91 Å². The second-order valence-electron chi connectivity index (χ2n) is 6.23. The molecular formula is C18H21NO2. The first-order chi connectivity index (χ1) is 9.92. The molecular weight excluding hydrogens is 262 g/mol. The maximum absolute atomic E-state index is 11.9. The van der Waals surface area contributed by atoms with E-state index in [9.17, 15) is 4.79 Å². The van der Waals surface area contributed by atoms with Crippen molar-refractivity contribution in [1.82, 2.24) is 0 Å². The fourth-order valence-electron chi connectivity index (χ4n) is 1.92. The van der Waals surface area contributed by atoms with Crippen molar-refractivity contribution in [2.45, 2.75) is 27.2 Å². The van der Waals surface area contributed by atoms with E-state index in [2.05, 4.69) is 5.32 Å². The molecule has 0 bridgehead atoms. The minimum Gasteiger partial charge on any atom is -0.457 e. The van der Waals surface area contributed by atoms with Crippen LogP contribution >= 0.6 is 0 Å². The van der Waals surface area contributed by atoms with Gasteiger partial charge in [-0.1, -0.05) is 39.0 Å². The number of ether oxygens (including phenoxy) is 1. The van der Waals surface area contributed by atoms with Crippen molar-refractivity contribution in [3.05, 3.63) is 54.6 Å². The number of carbonyl (C=O) groups excluding carboxylic acids is 1. The molecule has 0 atom stereocenters. The number of para-hydroxylation sites is 1. The molecule has 0 radical (unpaired) electrons. The number of carbonyl (C=O) groups is 1. The lowest BCUT2D eigenvalue weighted by Crippen LogP contribution is -2.19. The van der Waals surface area contributed by atoms with E-state index in [1.807, 2.05) is 75.4 Å². The van der Waals surface area contributed by atoms with E-state index >= 15 is 0 Å². The molecule has 0 aliphatic rings. The van der Waals surface area contributed by atoms with E-state index in [0.717, 1.165) is 17.2 Å². The lowest BCUT2D eigenvalue weighted by molar-refractivity contribution is -0.117. The van der Waals surface area contributed by atoms with Crippen LogP contribution in [0, 0.1) is 5.41 Å². The Morgan fingerprint density at radius 3 is 2.10 bits per heavy atom. The summed E-state index contributed by atoms with van der Waals surface area (Å²) in [6.07, 6.45) is 0.495. The summed E-state index contributed by atoms with van der Waals surface area (Å²) in [5.41, 5.74) is 0.769. The van der Waals surface area contributed by atoms with Crippen molar-refractivity contribution in [1.29, 1.82) is 0 Å². The fraction of sp³-hybridized carbons (Fsp3) is 0.278. The molecule has 0 fully saturated rings. The van der Waals surface area contributed by atoms with Gasteiger partial charge in [-0.2, -0.15) is 0 Å². The number of nitrogens with one attached hydrogen (secondary N) is 1. The van der Waals surface area contributed by atoms with Gasteiger partial charge in [-0.3, -0.25) is 4.79 Å². The molecule has 0 aliphatic heterocycles. The highest BCUT2D eigenvalue weighted by Crippen LogP contribution is 2.23. The first-order valence-corrected chi connectivity index (χ1v) is 7.05. The zero-order valence-electron chi connectivity index (χ0n) is 12.7. The molecule has 3 nitrogen and oxygen atoms in total. The Morgan fingerprint density at radius 2 is 1.52 bits per heavy atom. The Kier molecular flexibility index (Phi) is 4.63. The van der Waals surface area contributed by atoms with Gasteiger partial charge in [0.05, 0.1) is 0 Å². The van der Waals surface area contributed by atoms with Crippen LogP contribution in [0.4, 0.5) is 5.69 Å². The van der Waals surface area contributed by atoms with Crippen LogP contribution in [0.25, 0.3) is 0 Å². The Morgan fingerprint density at radius 1 is 0.952 bits per heavy atom. The topological polar surface area (TPSA) is 38.3 Å². The van der Waals surface area contributed by atoms with Crippen molar-refractivity contribution >= 4 is 11.6 Å². The van der Waals surface area contributed by atoms with Gasteiger partial charge in [0.15, 0.2) is 0 Å². The van der Waals surface area contributed by atoms with E-state index < -0.39 is 0 Å². The number of hydrogen-bond donors (Lipinski definition) is 1. The van der Waals surface area contributed by atoms with E-state index in [4.69, 9.17) is 4.74 Å². The third-order valence-corrected chi connectivity index (χ3v) is 2.81. The van der Waals surface area contributed by atoms with E-state index in [1.54, 1.807) is 0 Å². The highest BCUT2D eigenvalue weighted by molar-refractivity contribution is 5.91. The zero-order chi connectivity index (χ0) is 15.3. The summed E-state index contributed by atoms with van der Waals surface area (Å²) < 4.78 is 5.71. The Hall–Kier alpha value is -2.29. The van der Waals surface area contributed by atoms with Crippen LogP contribution < -0.4 is 10.1 Å². The third-order valence-electron chi connectivity index (χ3n) is 2.81. The van der Waals surface area contributed by atoms with Crippen molar-refractivity contribution in [3.8, 4) is 11.5 Å². The molecule has 1 amide bonds. The van der Waals surface area contributed by atoms with Gasteiger partial charge in [-0.25, -0.2) is 0 Å². The van der Waals surface area contributed by atoms with Crippen molar-refractivity contribution in [2.75, 3.05) is 5.32 Å². The number of amides is 1. The molecule has 2 aromatic rings. The van der Waals surface area contributed by atoms with Crippen LogP contribution in [0.1, 0.15) is 27.2 Å². The Labute approximate surface area is 126 Å². The van der Waals surface area contributed by atoms with Crippen molar-refractivity contribution in [2.24, 2.45) is 5.41 Å². The summed E-state index contributed by atoms with van der Waals surface area (Å²) >= 11 is 0. The van der Waals surface area contributed by atoms with Crippen molar-refractivity contribution < 1.29 is 9.53 Å². The standard InChI is InChI=1S/C18H21NO2/c1-18(2,3)13-17(20)19-14-9-11-16(12-10-14)21-15-7-5-4-6-8-15/h4-12H,13H2,1-3H3,(H,19,20). The van der Waals surface area contributed by atoms with Gasteiger partial charge in [0.1, 0.15) is 11.5 Å². The lowest BCUT2D eigenvalue weighted by atomic mass is 9.92. The van der Waals surface area contributed by atoms with Crippen LogP contribution in [0.15, 0.2) is 54.6 Å². The average molecular weight is 283 g/mol. The van der Waals surface area contributed by atoms with Gasteiger partial charge in [0, 0.05) is 12.1 Å². The largest absolute Gasteiger partial charge is 0.457 e. The monoisotopic (exact) mass is 283 g/mol. The molecule has 1 N–H and O–H groups in total. The van der Waals surface area contributed by atoms with E-state index in [0.29, 0.717) is 6.42 Å². The minimum absolute atomic E-state index is 0.0134. The molecule has 3 heteroatoms. The minimum atomic E-state index is -0.0134. The van der Waals surface area contributed by atoms with Gasteiger partial charge >= 0.3 is 0 Å². The van der Waals surface area contributed by atoms with E-state index in [-0.39, 0.29) is 11.3 Å². The molecule has 0 aromatic heterocycles. The van der Waals surface area contributed by atoms with E-state index in [1.165, 1.54) is 0 Å². The number of rotatable bonds is 4. The van der Waals surface area contributed by atoms with Crippen LogP contribution in [-0.4, -0.2) is 5.91 Å². The molecule has 0 spiro atoms. The molecule has 2 rings (SSSR count). The summed E-state index contributed by atoms with van der Waals surface area (Å²) in [6, 6.07) is 17.0. The molecule has 21 heavy (non-hydrogen) atoms. The normalized spacial score (nSPS) is 11.0. The highest BCUT2D eigenvalue weighted by atomic mass is 16.5. The summed E-state index contributed by atoms with van der Waals surface area (Å²) in [5.74, 6) is 1.57. The summed E-state index contributed by atoms with van der Waals surface area (Å²) in [6.45, 7) is 6.14. The second-order valence-corrected chi connectivity index (χ2v) is 6.23. The van der Waals surface area contributed by atoms with Gasteiger partial charge in [0.25, 0.3) is 0 Å². The third kappa shape index (κ3) is 5.30. The summed E-state index contributed by atoms with van der Waals surface area (Å²) in [7, 11) is 0. The fourth-order valence-corrected chi connectivity index (χ4v) is 1.92. The molecule has 0 unspecified atom stereocenters. The smallest absolute Gasteiger partial charge is 0.224 e. The van der Waals surface area contributed by atoms with Crippen LogP contribution in [0.5, 0.6) is 11.5 Å². The van der Waals surface area contributed by atoms with Crippen LogP contribution in [-0.2, 0) is 4.79 Å². The molecule has 2 aromatic carbocycles. The SMILES string of the molecule is CC(C)(C)CC(=O)Nc1ccc(Oc2ccccc2)cc1. The summed E-state index contributed by atoms with van der Waals surface area (Å²) in [5, 5.41) is 2.90. The molecule has 0 heterocycles. The maximum atomic E-state index is 11.9. The Balaban J connectivity index is 1.95. The zero-order valence-corrected chi connectivity index (χ0v) is 12.7. The highest BCUT2D eigenvalue weighted by Gasteiger charge is 2.15. The average Bonchev–Trinajstić information content (AvgIpc) is 2.40. The van der Waals surface area contributed by atoms with Gasteiger partial charge in [-0.15, -0.1) is 0 Å². The molecule has 0 saturated carbocycles. The predicted molar refractivity (Wildman–Crippen MR) is 85.7 cm³/mol. The molecule has 0 aliphatic carbocycles. The number of hydrogen-bond acceptors (Lipinski definition) is 2. The Bertz CT molecular complexity index is 583. The lowest BCUT2D eigenvalue weighted by Gasteiger charge is -2.17. The summed E-state index contributed by atoms with van der Waals surface area (Å²) in [4.78, 5) is 11.9. The van der Waals surface area contributed by atoms with Gasteiger partial charge in [-0.05, 0) is 41.8 Å². The van der Waals surface area contributed by atoms with Crippen molar-refractivity contribution in [3.63, 3.8) is 0 Å². The number of anilines is 1. The number of benzene rings is 2. The molecule has 0 saturated heterocycles. The predicted octanol–water partition coefficient (Wildman–Crippen LogP) is 4.85. The molecule has 110 valence electrons. The first-order valence-electron chi connectivity index (χ1n) is 7.05.